The van der Waals surface area contributed by atoms with Gasteiger partial charge in [-0.3, -0.25) is 4.79 Å². The van der Waals surface area contributed by atoms with Crippen LogP contribution >= 0.6 is 0 Å². The number of amides is 1. The van der Waals surface area contributed by atoms with Crippen LogP contribution in [0.15, 0.2) is 78.9 Å². The molecule has 0 spiro atoms. The first-order valence-electron chi connectivity index (χ1n) is 10.9. The van der Waals surface area contributed by atoms with Crippen LogP contribution in [0.4, 0.5) is 4.39 Å². The van der Waals surface area contributed by atoms with Crippen LogP contribution in [0.25, 0.3) is 11.3 Å². The minimum Gasteiger partial charge on any atom is -0.492 e. The van der Waals surface area contributed by atoms with Gasteiger partial charge in [-0.25, -0.2) is 13.9 Å². The van der Waals surface area contributed by atoms with E-state index in [0.717, 1.165) is 11.1 Å². The summed E-state index contributed by atoms with van der Waals surface area (Å²) in [7, 11) is 0. The van der Waals surface area contributed by atoms with E-state index < -0.39 is 12.0 Å². The van der Waals surface area contributed by atoms with Gasteiger partial charge in [0, 0.05) is 5.56 Å². The molecule has 1 heterocycles. The Kier molecular flexibility index (Phi) is 7.15. The first-order chi connectivity index (χ1) is 16.9. The van der Waals surface area contributed by atoms with Gasteiger partial charge in [-0.05, 0) is 48.9 Å². The summed E-state index contributed by atoms with van der Waals surface area (Å²) in [5.41, 5.74) is 2.36. The minimum absolute atomic E-state index is 0.169. The van der Waals surface area contributed by atoms with Crippen LogP contribution < -0.4 is 10.1 Å². The van der Waals surface area contributed by atoms with Gasteiger partial charge in [-0.15, -0.1) is 5.10 Å². The van der Waals surface area contributed by atoms with E-state index in [0.29, 0.717) is 11.4 Å². The smallest absolute Gasteiger partial charge is 0.335 e. The van der Waals surface area contributed by atoms with Crippen molar-refractivity contribution in [2.75, 3.05) is 6.61 Å². The topological polar surface area (TPSA) is 106 Å². The Hall–Kier alpha value is -4.53. The maximum absolute atomic E-state index is 13.4. The summed E-state index contributed by atoms with van der Waals surface area (Å²) < 4.78 is 20.2. The number of aromatic carboxylic acids is 1. The molecule has 35 heavy (non-hydrogen) atoms. The van der Waals surface area contributed by atoms with Gasteiger partial charge < -0.3 is 15.2 Å². The molecule has 1 amide bonds. The Morgan fingerprint density at radius 3 is 2.37 bits per heavy atom. The minimum atomic E-state index is -1.02. The summed E-state index contributed by atoms with van der Waals surface area (Å²) in [6.07, 6.45) is 0. The maximum atomic E-state index is 13.4. The first kappa shape index (κ1) is 23.6. The predicted octanol–water partition coefficient (Wildman–Crippen LogP) is 4.35. The van der Waals surface area contributed by atoms with Gasteiger partial charge in [0.15, 0.2) is 5.69 Å². The lowest BCUT2D eigenvalue weighted by molar-refractivity contribution is 0.0696. The molecule has 0 fully saturated rings. The normalized spacial score (nSPS) is 11.6. The van der Waals surface area contributed by atoms with Crippen molar-refractivity contribution >= 4 is 11.9 Å². The monoisotopic (exact) mass is 474 g/mol. The van der Waals surface area contributed by atoms with Crippen LogP contribution in [0.5, 0.6) is 5.75 Å². The first-order valence-corrected chi connectivity index (χ1v) is 10.9. The zero-order valence-corrected chi connectivity index (χ0v) is 18.9. The van der Waals surface area contributed by atoms with Crippen molar-refractivity contribution in [1.82, 2.24) is 20.3 Å². The number of aromatic nitrogens is 3. The fraction of sp³-hybridized carbons (Fsp3) is 0.154. The third-order valence-electron chi connectivity index (χ3n) is 5.39. The van der Waals surface area contributed by atoms with E-state index in [-0.39, 0.29) is 36.1 Å². The van der Waals surface area contributed by atoms with E-state index in [1.165, 1.54) is 41.1 Å². The summed E-state index contributed by atoms with van der Waals surface area (Å²) in [5, 5.41) is 20.4. The molecule has 0 aliphatic carbocycles. The lowest BCUT2D eigenvalue weighted by Crippen LogP contribution is -2.30. The molecule has 3 aromatic carbocycles. The molecule has 1 unspecified atom stereocenters. The van der Waals surface area contributed by atoms with Crippen LogP contribution in [0.1, 0.15) is 39.4 Å². The second kappa shape index (κ2) is 10.6. The molecule has 0 saturated heterocycles. The number of carbonyl (C=O) groups is 2. The Labute approximate surface area is 201 Å². The quantitative estimate of drug-likeness (QED) is 0.374. The molecule has 0 aliphatic rings. The Morgan fingerprint density at radius 1 is 1.03 bits per heavy atom. The van der Waals surface area contributed by atoms with Crippen molar-refractivity contribution in [2.45, 2.75) is 19.5 Å². The molecular weight excluding hydrogens is 451 g/mol. The number of carboxylic acid groups (broad SMARTS) is 1. The highest BCUT2D eigenvalue weighted by Crippen LogP contribution is 2.22. The van der Waals surface area contributed by atoms with E-state index >= 15 is 0 Å². The van der Waals surface area contributed by atoms with Crippen LogP contribution in [0.3, 0.4) is 0 Å². The van der Waals surface area contributed by atoms with E-state index in [1.54, 1.807) is 12.1 Å². The average molecular weight is 474 g/mol. The van der Waals surface area contributed by atoms with Gasteiger partial charge in [-0.2, -0.15) is 0 Å². The molecule has 178 valence electrons. The maximum Gasteiger partial charge on any atom is 0.335 e. The van der Waals surface area contributed by atoms with Crippen molar-refractivity contribution in [3.8, 4) is 17.0 Å². The molecule has 0 radical (unpaired) electrons. The zero-order valence-electron chi connectivity index (χ0n) is 18.9. The van der Waals surface area contributed by atoms with Crippen molar-refractivity contribution in [1.29, 1.82) is 0 Å². The Morgan fingerprint density at radius 2 is 1.71 bits per heavy atom. The number of ether oxygens (including phenoxy) is 1. The standard InChI is InChI=1S/C26H23FN4O4/c1-17(18-7-9-20(10-8-18)26(33)34)28-25(32)24-23(19-5-3-2-4-6-19)29-30-31(24)15-16-35-22-13-11-21(27)12-14-22/h2-14,17H,15-16H2,1H3,(H,28,32)(H,33,34). The number of benzene rings is 3. The lowest BCUT2D eigenvalue weighted by atomic mass is 10.1. The molecule has 8 nitrogen and oxygen atoms in total. The van der Waals surface area contributed by atoms with E-state index in [1.807, 2.05) is 37.3 Å². The van der Waals surface area contributed by atoms with E-state index in [9.17, 15) is 14.0 Å². The van der Waals surface area contributed by atoms with Gasteiger partial charge in [0.05, 0.1) is 18.2 Å². The molecule has 0 bridgehead atoms. The van der Waals surface area contributed by atoms with E-state index in [2.05, 4.69) is 15.6 Å². The highest BCUT2D eigenvalue weighted by Gasteiger charge is 2.23. The van der Waals surface area contributed by atoms with Gasteiger partial charge in [0.2, 0.25) is 0 Å². The summed E-state index contributed by atoms with van der Waals surface area (Å²) in [6.45, 7) is 2.24. The second-order valence-corrected chi connectivity index (χ2v) is 7.80. The number of halogens is 1. The third kappa shape index (κ3) is 5.70. The number of carboxylic acids is 1. The number of hydrogen-bond donors (Lipinski definition) is 2. The summed E-state index contributed by atoms with van der Waals surface area (Å²) in [4.78, 5) is 24.5. The van der Waals surface area contributed by atoms with Crippen LogP contribution in [0.2, 0.25) is 0 Å². The molecule has 4 rings (SSSR count). The van der Waals surface area contributed by atoms with Crippen LogP contribution in [0, 0.1) is 5.82 Å². The molecule has 2 N–H and O–H groups in total. The lowest BCUT2D eigenvalue weighted by Gasteiger charge is -2.16. The highest BCUT2D eigenvalue weighted by atomic mass is 19.1. The van der Waals surface area contributed by atoms with Gasteiger partial charge in [0.1, 0.15) is 23.9 Å². The largest absolute Gasteiger partial charge is 0.492 e. The fourth-order valence-electron chi connectivity index (χ4n) is 3.53. The zero-order chi connectivity index (χ0) is 24.8. The number of carbonyl (C=O) groups excluding carboxylic acids is 1. The molecule has 9 heteroatoms. The molecule has 0 saturated carbocycles. The molecule has 1 aromatic heterocycles. The van der Waals surface area contributed by atoms with Gasteiger partial charge in [-0.1, -0.05) is 47.7 Å². The molecule has 4 aromatic rings. The van der Waals surface area contributed by atoms with Crippen molar-refractivity contribution in [3.05, 3.63) is 102 Å². The summed E-state index contributed by atoms with van der Waals surface area (Å²) >= 11 is 0. The SMILES string of the molecule is CC(NC(=O)c1c(-c2ccccc2)nnn1CCOc1ccc(F)cc1)c1ccc(C(=O)O)cc1. The molecule has 0 aliphatic heterocycles. The van der Waals surface area contributed by atoms with E-state index in [4.69, 9.17) is 9.84 Å². The van der Waals surface area contributed by atoms with Crippen molar-refractivity contribution in [3.63, 3.8) is 0 Å². The predicted molar refractivity (Wildman–Crippen MR) is 127 cm³/mol. The Bertz CT molecular complexity index is 1310. The van der Waals surface area contributed by atoms with Crippen molar-refractivity contribution < 1.29 is 23.8 Å². The number of nitrogens with one attached hydrogen (secondary N) is 1. The van der Waals surface area contributed by atoms with Crippen LogP contribution in [-0.2, 0) is 6.54 Å². The van der Waals surface area contributed by atoms with Gasteiger partial charge >= 0.3 is 5.97 Å². The fourth-order valence-corrected chi connectivity index (χ4v) is 3.53. The molecule has 1 atom stereocenters. The van der Waals surface area contributed by atoms with Gasteiger partial charge in [0.25, 0.3) is 5.91 Å². The third-order valence-corrected chi connectivity index (χ3v) is 5.39. The summed E-state index contributed by atoms with van der Waals surface area (Å²) in [5.74, 6) is -1.25. The Balaban J connectivity index is 1.54. The summed E-state index contributed by atoms with van der Waals surface area (Å²) in [6, 6.07) is 20.8. The van der Waals surface area contributed by atoms with Crippen LogP contribution in [-0.4, -0.2) is 38.6 Å². The molecular formula is C26H23FN4O4. The number of nitrogens with zero attached hydrogens (tertiary/aromatic N) is 3. The number of rotatable bonds is 9. The highest BCUT2D eigenvalue weighted by molar-refractivity contribution is 5.98. The number of hydrogen-bond acceptors (Lipinski definition) is 5. The average Bonchev–Trinajstić information content (AvgIpc) is 3.30. The second-order valence-electron chi connectivity index (χ2n) is 7.80. The van der Waals surface area contributed by atoms with Crippen molar-refractivity contribution in [2.24, 2.45) is 0 Å².